The summed E-state index contributed by atoms with van der Waals surface area (Å²) in [7, 11) is -4.36. The second-order valence-corrected chi connectivity index (χ2v) is 5.51. The molecule has 108 valence electrons. The summed E-state index contributed by atoms with van der Waals surface area (Å²) in [5.41, 5.74) is 0.0935. The predicted molar refractivity (Wildman–Crippen MR) is 65.0 cm³/mol. The van der Waals surface area contributed by atoms with Crippen molar-refractivity contribution in [2.24, 2.45) is 0 Å². The zero-order valence-corrected chi connectivity index (χ0v) is 11.1. The van der Waals surface area contributed by atoms with E-state index in [1.165, 1.54) is 17.1 Å². The number of benzene rings is 1. The van der Waals surface area contributed by atoms with Crippen LogP contribution in [0.4, 0.5) is 18.9 Å². The lowest BCUT2D eigenvalue weighted by molar-refractivity contribution is 0.432. The summed E-state index contributed by atoms with van der Waals surface area (Å²) in [4.78, 5) is -0.972. The standard InChI is InChI=1S/C11H10F3N3O2S/c1-2-17-6-7(5-15-17)16-20(18,19)9-4-3-8(12)10(13)11(9)14/h3-6,16H,2H2,1H3. The Balaban J connectivity index is 2.38. The molecule has 1 N–H and O–H groups in total. The van der Waals surface area contributed by atoms with Gasteiger partial charge in [-0.25, -0.2) is 21.6 Å². The lowest BCUT2D eigenvalue weighted by Gasteiger charge is -2.07. The van der Waals surface area contributed by atoms with Gasteiger partial charge in [0.05, 0.1) is 11.9 Å². The SMILES string of the molecule is CCn1cc(NS(=O)(=O)c2ccc(F)c(F)c2F)cn1. The number of nitrogens with one attached hydrogen (secondary N) is 1. The number of hydrogen-bond donors (Lipinski definition) is 1. The van der Waals surface area contributed by atoms with Crippen LogP contribution in [0.3, 0.4) is 0 Å². The number of anilines is 1. The first-order chi connectivity index (χ1) is 9.35. The maximum absolute atomic E-state index is 13.5. The van der Waals surface area contributed by atoms with Gasteiger partial charge in [0.15, 0.2) is 17.5 Å². The van der Waals surface area contributed by atoms with Gasteiger partial charge in [0.1, 0.15) is 4.90 Å². The van der Waals surface area contributed by atoms with Gasteiger partial charge in [0.25, 0.3) is 10.0 Å². The van der Waals surface area contributed by atoms with Crippen LogP contribution in [-0.2, 0) is 16.6 Å². The molecular weight excluding hydrogens is 295 g/mol. The molecule has 0 aliphatic heterocycles. The lowest BCUT2D eigenvalue weighted by Crippen LogP contribution is -2.15. The monoisotopic (exact) mass is 305 g/mol. The smallest absolute Gasteiger partial charge is 0.265 e. The molecule has 1 aromatic carbocycles. The van der Waals surface area contributed by atoms with Gasteiger partial charge in [-0.2, -0.15) is 5.10 Å². The normalized spacial score (nSPS) is 11.6. The summed E-state index contributed by atoms with van der Waals surface area (Å²) >= 11 is 0. The van der Waals surface area contributed by atoms with E-state index in [1.807, 2.05) is 4.72 Å². The predicted octanol–water partition coefficient (Wildman–Crippen LogP) is 2.12. The molecular formula is C11H10F3N3O2S. The minimum Gasteiger partial charge on any atom is -0.276 e. The number of aromatic nitrogens is 2. The Morgan fingerprint density at radius 2 is 1.95 bits per heavy atom. The lowest BCUT2D eigenvalue weighted by atomic mass is 10.3. The second-order valence-electron chi connectivity index (χ2n) is 3.86. The number of aryl methyl sites for hydroxylation is 1. The summed E-state index contributed by atoms with van der Waals surface area (Å²) in [5.74, 6) is -5.06. The van der Waals surface area contributed by atoms with E-state index in [9.17, 15) is 21.6 Å². The summed E-state index contributed by atoms with van der Waals surface area (Å²) < 4.78 is 66.6. The maximum Gasteiger partial charge on any atom is 0.265 e. The molecule has 1 heterocycles. The Morgan fingerprint density at radius 1 is 1.25 bits per heavy atom. The number of hydrogen-bond acceptors (Lipinski definition) is 3. The van der Waals surface area contributed by atoms with Crippen LogP contribution in [0.2, 0.25) is 0 Å². The highest BCUT2D eigenvalue weighted by Gasteiger charge is 2.24. The fraction of sp³-hybridized carbons (Fsp3) is 0.182. The Labute approximate surface area is 113 Å². The summed E-state index contributed by atoms with van der Waals surface area (Å²) in [6, 6.07) is 1.20. The molecule has 0 aliphatic carbocycles. The van der Waals surface area contributed by atoms with E-state index < -0.39 is 32.4 Å². The zero-order chi connectivity index (χ0) is 14.9. The summed E-state index contributed by atoms with van der Waals surface area (Å²) in [6.45, 7) is 2.31. The largest absolute Gasteiger partial charge is 0.276 e. The average molecular weight is 305 g/mol. The topological polar surface area (TPSA) is 64.0 Å². The van der Waals surface area contributed by atoms with Gasteiger partial charge in [0, 0.05) is 12.7 Å². The Morgan fingerprint density at radius 3 is 2.55 bits per heavy atom. The Hall–Kier alpha value is -2.03. The van der Waals surface area contributed by atoms with E-state index in [2.05, 4.69) is 5.10 Å². The Bertz CT molecular complexity index is 743. The van der Waals surface area contributed by atoms with Crippen LogP contribution in [0, 0.1) is 17.5 Å². The average Bonchev–Trinajstić information content (AvgIpc) is 2.82. The number of halogens is 3. The van der Waals surface area contributed by atoms with Crippen LogP contribution in [0.1, 0.15) is 6.92 Å². The highest BCUT2D eigenvalue weighted by atomic mass is 32.2. The first-order valence-corrected chi connectivity index (χ1v) is 7.02. The summed E-state index contributed by atoms with van der Waals surface area (Å²) in [5, 5.41) is 3.83. The first-order valence-electron chi connectivity index (χ1n) is 5.54. The number of nitrogens with zero attached hydrogens (tertiary/aromatic N) is 2. The van der Waals surface area contributed by atoms with Gasteiger partial charge in [-0.1, -0.05) is 0 Å². The van der Waals surface area contributed by atoms with Gasteiger partial charge in [-0.05, 0) is 19.1 Å². The molecule has 1 aromatic heterocycles. The van der Waals surface area contributed by atoms with Crippen molar-refractivity contribution in [3.63, 3.8) is 0 Å². The van der Waals surface area contributed by atoms with Gasteiger partial charge in [-0.15, -0.1) is 0 Å². The van der Waals surface area contributed by atoms with Crippen molar-refractivity contribution in [1.29, 1.82) is 0 Å². The maximum atomic E-state index is 13.5. The van der Waals surface area contributed by atoms with Gasteiger partial charge < -0.3 is 0 Å². The molecule has 0 saturated carbocycles. The van der Waals surface area contributed by atoms with E-state index in [0.29, 0.717) is 18.7 Å². The molecule has 2 aromatic rings. The van der Waals surface area contributed by atoms with Crippen molar-refractivity contribution >= 4 is 15.7 Å². The number of rotatable bonds is 4. The molecule has 0 spiro atoms. The quantitative estimate of drug-likeness (QED) is 0.880. The fourth-order valence-electron chi connectivity index (χ4n) is 1.52. The van der Waals surface area contributed by atoms with Crippen LogP contribution >= 0.6 is 0 Å². The van der Waals surface area contributed by atoms with Crippen molar-refractivity contribution in [1.82, 2.24) is 9.78 Å². The van der Waals surface area contributed by atoms with Crippen molar-refractivity contribution < 1.29 is 21.6 Å². The third kappa shape index (κ3) is 2.62. The van der Waals surface area contributed by atoms with Crippen molar-refractivity contribution in [2.45, 2.75) is 18.4 Å². The van der Waals surface area contributed by atoms with E-state index in [0.717, 1.165) is 0 Å². The second kappa shape index (κ2) is 5.16. The van der Waals surface area contributed by atoms with Crippen molar-refractivity contribution in [3.05, 3.63) is 42.0 Å². The minimum atomic E-state index is -4.36. The molecule has 0 fully saturated rings. The van der Waals surface area contributed by atoms with E-state index in [-0.39, 0.29) is 5.69 Å². The fourth-order valence-corrected chi connectivity index (χ4v) is 2.61. The minimum absolute atomic E-state index is 0.0935. The van der Waals surface area contributed by atoms with Crippen molar-refractivity contribution in [2.75, 3.05) is 4.72 Å². The number of sulfonamides is 1. The van der Waals surface area contributed by atoms with Crippen LogP contribution in [0.15, 0.2) is 29.4 Å². The summed E-state index contributed by atoms with van der Waals surface area (Å²) in [6.07, 6.45) is 2.61. The highest BCUT2D eigenvalue weighted by molar-refractivity contribution is 7.92. The van der Waals surface area contributed by atoms with Gasteiger partial charge in [-0.3, -0.25) is 9.40 Å². The molecule has 9 heteroatoms. The van der Waals surface area contributed by atoms with Crippen molar-refractivity contribution in [3.8, 4) is 0 Å². The zero-order valence-electron chi connectivity index (χ0n) is 10.3. The van der Waals surface area contributed by atoms with E-state index in [4.69, 9.17) is 0 Å². The van der Waals surface area contributed by atoms with E-state index in [1.54, 1.807) is 6.92 Å². The molecule has 0 aliphatic rings. The van der Waals surface area contributed by atoms with Crippen LogP contribution in [0.25, 0.3) is 0 Å². The van der Waals surface area contributed by atoms with Crippen LogP contribution < -0.4 is 4.72 Å². The van der Waals surface area contributed by atoms with Gasteiger partial charge >= 0.3 is 0 Å². The molecule has 0 bridgehead atoms. The Kier molecular flexibility index (Phi) is 3.71. The molecule has 0 unspecified atom stereocenters. The first kappa shape index (κ1) is 14.4. The van der Waals surface area contributed by atoms with Crippen LogP contribution in [-0.4, -0.2) is 18.2 Å². The third-order valence-electron chi connectivity index (χ3n) is 2.50. The third-order valence-corrected chi connectivity index (χ3v) is 3.90. The highest BCUT2D eigenvalue weighted by Crippen LogP contribution is 2.22. The molecule has 0 amide bonds. The van der Waals surface area contributed by atoms with Gasteiger partial charge in [0.2, 0.25) is 0 Å². The molecule has 20 heavy (non-hydrogen) atoms. The molecule has 0 radical (unpaired) electrons. The molecule has 0 saturated heterocycles. The molecule has 0 atom stereocenters. The molecule has 2 rings (SSSR count). The van der Waals surface area contributed by atoms with E-state index >= 15 is 0 Å². The van der Waals surface area contributed by atoms with Crippen LogP contribution in [0.5, 0.6) is 0 Å². The molecule has 5 nitrogen and oxygen atoms in total.